The fourth-order valence-electron chi connectivity index (χ4n) is 2.73. The Morgan fingerprint density at radius 2 is 2.19 bits per heavy atom. The number of aromatic nitrogens is 1. The van der Waals surface area contributed by atoms with Gasteiger partial charge in [0.25, 0.3) is 0 Å². The molecule has 1 fully saturated rings. The van der Waals surface area contributed by atoms with E-state index in [0.717, 1.165) is 25.3 Å². The maximum Gasteiger partial charge on any atom is 0.433 e. The van der Waals surface area contributed by atoms with E-state index in [2.05, 4.69) is 11.9 Å². The van der Waals surface area contributed by atoms with Crippen molar-refractivity contribution in [2.75, 3.05) is 18.0 Å². The number of nitrogen functional groups attached to an aromatic ring is 1. The van der Waals surface area contributed by atoms with E-state index in [-0.39, 0.29) is 17.2 Å². The highest BCUT2D eigenvalue weighted by Gasteiger charge is 2.34. The highest BCUT2D eigenvalue weighted by molar-refractivity contribution is 5.99. The summed E-state index contributed by atoms with van der Waals surface area (Å²) in [6.07, 6.45) is -1.46. The number of anilines is 1. The molecule has 0 aromatic carbocycles. The van der Waals surface area contributed by atoms with Crippen molar-refractivity contribution in [3.8, 4) is 0 Å². The highest BCUT2D eigenvalue weighted by Crippen LogP contribution is 2.32. The van der Waals surface area contributed by atoms with Crippen LogP contribution in [-0.4, -0.2) is 23.9 Å². The molecule has 1 aliphatic heterocycles. The van der Waals surface area contributed by atoms with Crippen LogP contribution in [0.1, 0.15) is 37.4 Å². The van der Waals surface area contributed by atoms with Crippen molar-refractivity contribution in [3.63, 3.8) is 0 Å². The van der Waals surface area contributed by atoms with Crippen LogP contribution >= 0.6 is 0 Å². The average molecular weight is 300 g/mol. The number of nitrogens with two attached hydrogens (primary N) is 1. The minimum absolute atomic E-state index is 0.177. The Kier molecular flexibility index (Phi) is 4.39. The van der Waals surface area contributed by atoms with Gasteiger partial charge in [-0.2, -0.15) is 13.2 Å². The number of nitrogens with zero attached hydrogens (tertiary/aromatic N) is 2. The lowest BCUT2D eigenvalue weighted by molar-refractivity contribution is -0.141. The summed E-state index contributed by atoms with van der Waals surface area (Å²) in [7, 11) is 0. The lowest BCUT2D eigenvalue weighted by Crippen LogP contribution is -2.26. The molecule has 3 N–H and O–H groups in total. The number of pyridine rings is 1. The smallest absolute Gasteiger partial charge is 0.384 e. The molecule has 0 spiro atoms. The average Bonchev–Trinajstić information content (AvgIpc) is 2.86. The first-order valence-corrected chi connectivity index (χ1v) is 7.00. The molecule has 2 heterocycles. The van der Waals surface area contributed by atoms with E-state index >= 15 is 0 Å². The van der Waals surface area contributed by atoms with Crippen LogP contribution in [-0.2, 0) is 6.18 Å². The van der Waals surface area contributed by atoms with Gasteiger partial charge in [-0.3, -0.25) is 5.41 Å². The molecular formula is C14H19F3N4. The van der Waals surface area contributed by atoms with Crippen LogP contribution < -0.4 is 10.6 Å². The zero-order valence-corrected chi connectivity index (χ0v) is 11.9. The molecule has 116 valence electrons. The third kappa shape index (κ3) is 3.46. The van der Waals surface area contributed by atoms with Gasteiger partial charge >= 0.3 is 6.18 Å². The summed E-state index contributed by atoms with van der Waals surface area (Å²) in [6.45, 7) is 3.41. The van der Waals surface area contributed by atoms with E-state index in [9.17, 15) is 13.2 Å². The zero-order valence-electron chi connectivity index (χ0n) is 11.9. The molecule has 1 atom stereocenters. The lowest BCUT2D eigenvalue weighted by atomic mass is 10.0. The molecule has 1 aliphatic rings. The van der Waals surface area contributed by atoms with Gasteiger partial charge in [-0.25, -0.2) is 4.98 Å². The van der Waals surface area contributed by atoms with Crippen molar-refractivity contribution in [2.24, 2.45) is 11.7 Å². The predicted molar refractivity (Wildman–Crippen MR) is 75.5 cm³/mol. The van der Waals surface area contributed by atoms with Crippen LogP contribution in [0.25, 0.3) is 0 Å². The van der Waals surface area contributed by atoms with Crippen molar-refractivity contribution >= 4 is 11.7 Å². The standard InChI is InChI=1S/C14H19F3N4/c1-2-3-9-6-7-21(8-9)13-10(12(18)19)4-5-11(20-13)14(15,16)17/h4-5,9H,2-3,6-8H2,1H3,(H3,18,19). The van der Waals surface area contributed by atoms with Crippen LogP contribution in [0.3, 0.4) is 0 Å². The van der Waals surface area contributed by atoms with Gasteiger partial charge in [0.2, 0.25) is 0 Å². The number of alkyl halides is 3. The van der Waals surface area contributed by atoms with Crippen LogP contribution in [0.5, 0.6) is 0 Å². The minimum Gasteiger partial charge on any atom is -0.384 e. The molecule has 0 aliphatic carbocycles. The molecule has 0 saturated carbocycles. The Morgan fingerprint density at radius 1 is 1.48 bits per heavy atom. The van der Waals surface area contributed by atoms with Gasteiger partial charge in [0.1, 0.15) is 17.3 Å². The maximum atomic E-state index is 12.8. The number of nitrogens with one attached hydrogen (secondary N) is 1. The Bertz CT molecular complexity index is 527. The van der Waals surface area contributed by atoms with E-state index in [1.165, 1.54) is 6.07 Å². The van der Waals surface area contributed by atoms with Gasteiger partial charge in [0, 0.05) is 13.1 Å². The second-order valence-electron chi connectivity index (χ2n) is 5.37. The van der Waals surface area contributed by atoms with Crippen LogP contribution in [0.4, 0.5) is 19.0 Å². The topological polar surface area (TPSA) is 66.0 Å². The Hall–Kier alpha value is -1.79. The monoisotopic (exact) mass is 300 g/mol. The summed E-state index contributed by atoms with van der Waals surface area (Å²) in [5.74, 6) is 0.382. The van der Waals surface area contributed by atoms with Gasteiger partial charge in [-0.05, 0) is 30.9 Å². The molecule has 1 aromatic heterocycles. The minimum atomic E-state index is -4.49. The molecule has 1 aromatic rings. The van der Waals surface area contributed by atoms with E-state index < -0.39 is 11.9 Å². The first kappa shape index (κ1) is 15.6. The molecule has 1 unspecified atom stereocenters. The van der Waals surface area contributed by atoms with Gasteiger partial charge in [-0.15, -0.1) is 0 Å². The van der Waals surface area contributed by atoms with Crippen molar-refractivity contribution in [1.29, 1.82) is 5.41 Å². The predicted octanol–water partition coefficient (Wildman–Crippen LogP) is 3.01. The molecule has 1 saturated heterocycles. The Morgan fingerprint density at radius 3 is 2.76 bits per heavy atom. The largest absolute Gasteiger partial charge is 0.433 e. The molecule has 0 radical (unpaired) electrons. The molecule has 0 bridgehead atoms. The quantitative estimate of drug-likeness (QED) is 0.663. The second kappa shape index (κ2) is 5.91. The maximum absolute atomic E-state index is 12.8. The van der Waals surface area contributed by atoms with E-state index in [0.29, 0.717) is 19.0 Å². The first-order valence-electron chi connectivity index (χ1n) is 7.00. The van der Waals surface area contributed by atoms with Crippen LogP contribution in [0.2, 0.25) is 0 Å². The van der Waals surface area contributed by atoms with Gasteiger partial charge in [0.15, 0.2) is 0 Å². The fourth-order valence-corrected chi connectivity index (χ4v) is 2.73. The fraction of sp³-hybridized carbons (Fsp3) is 0.571. The number of hydrogen-bond donors (Lipinski definition) is 2. The van der Waals surface area contributed by atoms with Crippen molar-refractivity contribution in [2.45, 2.75) is 32.4 Å². The summed E-state index contributed by atoms with van der Waals surface area (Å²) in [6, 6.07) is 2.11. The normalized spacial score (nSPS) is 19.0. The van der Waals surface area contributed by atoms with Crippen molar-refractivity contribution < 1.29 is 13.2 Å². The Labute approximate surface area is 121 Å². The van der Waals surface area contributed by atoms with Crippen molar-refractivity contribution in [1.82, 2.24) is 4.98 Å². The molecular weight excluding hydrogens is 281 g/mol. The molecule has 4 nitrogen and oxygen atoms in total. The van der Waals surface area contributed by atoms with E-state index in [1.807, 2.05) is 4.90 Å². The zero-order chi connectivity index (χ0) is 15.6. The third-order valence-electron chi connectivity index (χ3n) is 3.74. The van der Waals surface area contributed by atoms with Gasteiger partial charge in [-0.1, -0.05) is 13.3 Å². The summed E-state index contributed by atoms with van der Waals surface area (Å²) in [5, 5.41) is 7.53. The molecule has 7 heteroatoms. The van der Waals surface area contributed by atoms with Gasteiger partial charge in [0.05, 0.1) is 5.56 Å². The number of hydrogen-bond acceptors (Lipinski definition) is 3. The van der Waals surface area contributed by atoms with Crippen LogP contribution in [0, 0.1) is 11.3 Å². The third-order valence-corrected chi connectivity index (χ3v) is 3.74. The number of amidine groups is 1. The van der Waals surface area contributed by atoms with Crippen LogP contribution in [0.15, 0.2) is 12.1 Å². The van der Waals surface area contributed by atoms with E-state index in [1.54, 1.807) is 0 Å². The second-order valence-corrected chi connectivity index (χ2v) is 5.37. The van der Waals surface area contributed by atoms with Crippen molar-refractivity contribution in [3.05, 3.63) is 23.4 Å². The molecule has 2 rings (SSSR count). The number of halogens is 3. The number of rotatable bonds is 4. The SMILES string of the molecule is CCCC1CCN(c2nc(C(F)(F)F)ccc2C(=N)N)C1. The van der Waals surface area contributed by atoms with Gasteiger partial charge < -0.3 is 10.6 Å². The summed E-state index contributed by atoms with van der Waals surface area (Å²) in [4.78, 5) is 5.53. The summed E-state index contributed by atoms with van der Waals surface area (Å²) < 4.78 is 38.5. The summed E-state index contributed by atoms with van der Waals surface area (Å²) >= 11 is 0. The lowest BCUT2D eigenvalue weighted by Gasteiger charge is -2.21. The Balaban J connectivity index is 2.34. The highest BCUT2D eigenvalue weighted by atomic mass is 19.4. The molecule has 21 heavy (non-hydrogen) atoms. The first-order chi connectivity index (χ1) is 9.82. The molecule has 0 amide bonds. The summed E-state index contributed by atoms with van der Waals surface area (Å²) in [5.41, 5.74) is 4.79. The van der Waals surface area contributed by atoms with E-state index in [4.69, 9.17) is 11.1 Å².